The molecule has 184 valence electrons. The number of hydrogen-bond donors (Lipinski definition) is 3. The van der Waals surface area contributed by atoms with Crippen LogP contribution in [0.25, 0.3) is 0 Å². The SMILES string of the molecule is Nc1ccccc1NC(=O)c1ccc(NC(=O)CN2C(=O)C3(OCCCO3)c3cc(Cl)ccc32)cc1. The van der Waals surface area contributed by atoms with Crippen LogP contribution in [0.1, 0.15) is 22.3 Å². The van der Waals surface area contributed by atoms with Crippen molar-refractivity contribution >= 4 is 52.1 Å². The van der Waals surface area contributed by atoms with Crippen LogP contribution in [0.3, 0.4) is 0 Å². The van der Waals surface area contributed by atoms with E-state index >= 15 is 0 Å². The number of benzene rings is 3. The molecule has 0 radical (unpaired) electrons. The summed E-state index contributed by atoms with van der Waals surface area (Å²) in [5.41, 5.74) is 8.71. The number of amides is 3. The van der Waals surface area contributed by atoms with E-state index in [4.69, 9.17) is 26.8 Å². The van der Waals surface area contributed by atoms with Crippen molar-refractivity contribution in [3.8, 4) is 0 Å². The Kier molecular flexibility index (Phi) is 6.36. The Balaban J connectivity index is 1.27. The van der Waals surface area contributed by atoms with Crippen LogP contribution in [0.15, 0.2) is 66.7 Å². The molecule has 0 atom stereocenters. The number of nitrogens with zero attached hydrogens (tertiary/aromatic N) is 1. The molecule has 4 N–H and O–H groups in total. The number of nitrogens with one attached hydrogen (secondary N) is 2. The zero-order valence-corrected chi connectivity index (χ0v) is 19.9. The lowest BCUT2D eigenvalue weighted by Gasteiger charge is -2.32. The van der Waals surface area contributed by atoms with Crippen molar-refractivity contribution in [3.63, 3.8) is 0 Å². The van der Waals surface area contributed by atoms with Crippen LogP contribution in [0.2, 0.25) is 5.02 Å². The van der Waals surface area contributed by atoms with E-state index in [1.165, 1.54) is 4.90 Å². The normalized spacial score (nSPS) is 16.0. The van der Waals surface area contributed by atoms with E-state index in [1.54, 1.807) is 66.7 Å². The molecule has 2 heterocycles. The highest BCUT2D eigenvalue weighted by Gasteiger charge is 2.55. The maximum atomic E-state index is 13.3. The Hall–Kier alpha value is -3.92. The number of rotatable bonds is 5. The fraction of sp³-hybridized carbons (Fsp3) is 0.192. The Morgan fingerprint density at radius 2 is 1.72 bits per heavy atom. The van der Waals surface area contributed by atoms with Crippen LogP contribution >= 0.6 is 11.6 Å². The second-order valence-electron chi connectivity index (χ2n) is 8.39. The van der Waals surface area contributed by atoms with Gasteiger partial charge in [-0.15, -0.1) is 0 Å². The monoisotopic (exact) mass is 506 g/mol. The predicted octanol–water partition coefficient (Wildman–Crippen LogP) is 3.75. The molecule has 0 unspecified atom stereocenters. The molecule has 36 heavy (non-hydrogen) atoms. The number of anilines is 4. The van der Waals surface area contributed by atoms with Crippen molar-refractivity contribution in [2.45, 2.75) is 12.2 Å². The molecule has 3 aromatic carbocycles. The summed E-state index contributed by atoms with van der Waals surface area (Å²) in [5, 5.41) is 5.94. The third-order valence-corrected chi connectivity index (χ3v) is 6.21. The molecule has 0 aromatic heterocycles. The predicted molar refractivity (Wildman–Crippen MR) is 136 cm³/mol. The molecule has 0 aliphatic carbocycles. The van der Waals surface area contributed by atoms with Crippen molar-refractivity contribution in [1.82, 2.24) is 0 Å². The summed E-state index contributed by atoms with van der Waals surface area (Å²) in [5.74, 6) is -2.81. The first-order valence-electron chi connectivity index (χ1n) is 11.3. The lowest BCUT2D eigenvalue weighted by molar-refractivity contribution is -0.256. The van der Waals surface area contributed by atoms with E-state index in [0.717, 1.165) is 0 Å². The summed E-state index contributed by atoms with van der Waals surface area (Å²) < 4.78 is 11.6. The van der Waals surface area contributed by atoms with Gasteiger partial charge in [0.2, 0.25) is 5.91 Å². The standard InChI is InChI=1S/C26H23ClN4O5/c27-17-8-11-22-19(14-17)26(35-12-3-13-36-26)25(34)31(22)15-23(32)29-18-9-6-16(7-10-18)24(33)30-21-5-2-1-4-20(21)28/h1-2,4-11,14H,3,12-13,15,28H2,(H,29,32)(H,30,33). The summed E-state index contributed by atoms with van der Waals surface area (Å²) in [6, 6.07) is 18.3. The van der Waals surface area contributed by atoms with Crippen LogP contribution in [-0.4, -0.2) is 37.5 Å². The molecule has 0 saturated carbocycles. The van der Waals surface area contributed by atoms with E-state index in [1.807, 2.05) is 0 Å². The molecule has 1 spiro atoms. The molecule has 2 aliphatic rings. The average molecular weight is 507 g/mol. The average Bonchev–Trinajstić information content (AvgIpc) is 3.08. The largest absolute Gasteiger partial charge is 0.397 e. The number of nitrogens with two attached hydrogens (primary N) is 1. The van der Waals surface area contributed by atoms with Crippen molar-refractivity contribution in [2.75, 3.05) is 41.0 Å². The van der Waals surface area contributed by atoms with Crippen molar-refractivity contribution in [3.05, 3.63) is 82.9 Å². The molecule has 0 bridgehead atoms. The Morgan fingerprint density at radius 1 is 1.00 bits per heavy atom. The van der Waals surface area contributed by atoms with Gasteiger partial charge in [-0.3, -0.25) is 19.3 Å². The Labute approximate surface area is 212 Å². The lowest BCUT2D eigenvalue weighted by Crippen LogP contribution is -2.48. The van der Waals surface area contributed by atoms with Crippen molar-refractivity contribution < 1.29 is 23.9 Å². The smallest absolute Gasteiger partial charge is 0.293 e. The molecule has 3 amide bonds. The number of hydrogen-bond acceptors (Lipinski definition) is 6. The Morgan fingerprint density at radius 3 is 2.44 bits per heavy atom. The molecule has 2 aliphatic heterocycles. The number of carbonyl (C=O) groups excluding carboxylic acids is 3. The number of fused-ring (bicyclic) bond motifs is 2. The van der Waals surface area contributed by atoms with E-state index in [-0.39, 0.29) is 12.5 Å². The van der Waals surface area contributed by atoms with Crippen LogP contribution in [0.4, 0.5) is 22.7 Å². The molecule has 5 rings (SSSR count). The lowest BCUT2D eigenvalue weighted by atomic mass is 10.1. The van der Waals surface area contributed by atoms with E-state index in [9.17, 15) is 14.4 Å². The fourth-order valence-electron chi connectivity index (χ4n) is 4.23. The molecule has 3 aromatic rings. The molecule has 9 nitrogen and oxygen atoms in total. The number of nitrogen functional groups attached to an aromatic ring is 1. The van der Waals surface area contributed by atoms with Gasteiger partial charge in [0.05, 0.1) is 30.3 Å². The zero-order chi connectivity index (χ0) is 25.3. The molecule has 10 heteroatoms. The van der Waals surface area contributed by atoms with Gasteiger partial charge >= 0.3 is 0 Å². The molecule has 1 saturated heterocycles. The van der Waals surface area contributed by atoms with Crippen molar-refractivity contribution in [2.24, 2.45) is 0 Å². The summed E-state index contributed by atoms with van der Waals surface area (Å²) in [4.78, 5) is 40.0. The van der Waals surface area contributed by atoms with Gasteiger partial charge in [0.25, 0.3) is 17.6 Å². The maximum absolute atomic E-state index is 13.3. The summed E-state index contributed by atoms with van der Waals surface area (Å²) >= 11 is 6.17. The third kappa shape index (κ3) is 4.39. The third-order valence-electron chi connectivity index (χ3n) is 5.97. The molecular formula is C26H23ClN4O5. The number of halogens is 1. The van der Waals surface area contributed by atoms with Gasteiger partial charge in [0.15, 0.2) is 0 Å². The van der Waals surface area contributed by atoms with E-state index in [0.29, 0.717) is 58.5 Å². The summed E-state index contributed by atoms with van der Waals surface area (Å²) in [6.45, 7) is 0.459. The second kappa shape index (κ2) is 9.62. The first-order chi connectivity index (χ1) is 17.4. The van der Waals surface area contributed by atoms with Crippen LogP contribution < -0.4 is 21.3 Å². The number of ether oxygens (including phenoxy) is 2. The Bertz CT molecular complexity index is 1340. The minimum absolute atomic E-state index is 0.253. The topological polar surface area (TPSA) is 123 Å². The number of para-hydroxylation sites is 2. The van der Waals surface area contributed by atoms with Crippen LogP contribution in [0, 0.1) is 0 Å². The summed E-state index contributed by atoms with van der Waals surface area (Å²) in [7, 11) is 0. The van der Waals surface area contributed by atoms with Gasteiger partial charge in [0.1, 0.15) is 6.54 Å². The molecule has 1 fully saturated rings. The summed E-state index contributed by atoms with van der Waals surface area (Å²) in [6.07, 6.45) is 0.665. The number of carbonyl (C=O) groups is 3. The van der Waals surface area contributed by atoms with Gasteiger partial charge in [-0.2, -0.15) is 0 Å². The highest BCUT2D eigenvalue weighted by atomic mass is 35.5. The van der Waals surface area contributed by atoms with Crippen LogP contribution in [0.5, 0.6) is 0 Å². The first-order valence-corrected chi connectivity index (χ1v) is 11.7. The first kappa shape index (κ1) is 23.8. The maximum Gasteiger partial charge on any atom is 0.293 e. The van der Waals surface area contributed by atoms with Crippen molar-refractivity contribution in [1.29, 1.82) is 0 Å². The minimum Gasteiger partial charge on any atom is -0.397 e. The second-order valence-corrected chi connectivity index (χ2v) is 8.82. The van der Waals surface area contributed by atoms with Gasteiger partial charge in [-0.25, -0.2) is 0 Å². The van der Waals surface area contributed by atoms with Gasteiger partial charge in [0, 0.05) is 21.8 Å². The van der Waals surface area contributed by atoms with Gasteiger partial charge in [-0.1, -0.05) is 23.7 Å². The quantitative estimate of drug-likeness (QED) is 0.453. The van der Waals surface area contributed by atoms with E-state index < -0.39 is 17.6 Å². The molecular weight excluding hydrogens is 484 g/mol. The zero-order valence-electron chi connectivity index (χ0n) is 19.1. The van der Waals surface area contributed by atoms with Gasteiger partial charge in [-0.05, 0) is 61.0 Å². The minimum atomic E-state index is -1.59. The highest BCUT2D eigenvalue weighted by molar-refractivity contribution is 6.31. The van der Waals surface area contributed by atoms with E-state index in [2.05, 4.69) is 10.6 Å². The van der Waals surface area contributed by atoms with Crippen LogP contribution in [-0.2, 0) is 24.8 Å². The highest BCUT2D eigenvalue weighted by Crippen LogP contribution is 2.46. The fourth-order valence-corrected chi connectivity index (χ4v) is 4.40. The van der Waals surface area contributed by atoms with Gasteiger partial charge < -0.3 is 25.8 Å².